The lowest BCUT2D eigenvalue weighted by Crippen LogP contribution is -2.56. The molecule has 0 spiro atoms. The molecular weight excluding hydrogens is 452 g/mol. The summed E-state index contributed by atoms with van der Waals surface area (Å²) in [6.07, 6.45) is -4.60. The molecule has 1 N–H and O–H groups in total. The van der Waals surface area contributed by atoms with E-state index in [1.807, 2.05) is 23.6 Å². The van der Waals surface area contributed by atoms with Crippen LogP contribution in [0.3, 0.4) is 0 Å². The van der Waals surface area contributed by atoms with Gasteiger partial charge in [-0.1, -0.05) is 13.8 Å². The van der Waals surface area contributed by atoms with Crippen molar-refractivity contribution in [3.8, 4) is 0 Å². The number of hydrogen-bond acceptors (Lipinski definition) is 7. The number of nitrogens with zero attached hydrogens (tertiary/aromatic N) is 4. The van der Waals surface area contributed by atoms with E-state index >= 15 is 0 Å². The first-order valence-corrected chi connectivity index (χ1v) is 11.8. The van der Waals surface area contributed by atoms with Gasteiger partial charge in [-0.2, -0.15) is 13.2 Å². The maximum atomic E-state index is 14.0. The Morgan fingerprint density at radius 3 is 2.31 bits per heavy atom. The van der Waals surface area contributed by atoms with Crippen LogP contribution < -0.4 is 9.80 Å². The summed E-state index contributed by atoms with van der Waals surface area (Å²) in [5, 5.41) is 9.36. The maximum absolute atomic E-state index is 14.0. The Kier molecular flexibility index (Phi) is 6.66. The van der Waals surface area contributed by atoms with Crippen LogP contribution in [0, 0.1) is 11.7 Å². The SMILES string of the molecule is CC(C)[C@@H]1CN(c2ccc(F)c(S(C)(=O)=O)c2)CCN1c1ncc(C(O)C(F)(F)F)cn1. The highest BCUT2D eigenvalue weighted by atomic mass is 32.2. The Morgan fingerprint density at radius 2 is 1.78 bits per heavy atom. The van der Waals surface area contributed by atoms with Crippen LogP contribution in [0.2, 0.25) is 0 Å². The van der Waals surface area contributed by atoms with E-state index < -0.39 is 33.5 Å². The van der Waals surface area contributed by atoms with E-state index in [0.29, 0.717) is 25.3 Å². The number of piperazine rings is 1. The minimum absolute atomic E-state index is 0.0941. The number of alkyl halides is 3. The van der Waals surface area contributed by atoms with E-state index in [4.69, 9.17) is 0 Å². The van der Waals surface area contributed by atoms with E-state index in [0.717, 1.165) is 24.7 Å². The van der Waals surface area contributed by atoms with Gasteiger partial charge in [0, 0.05) is 49.5 Å². The minimum atomic E-state index is -4.81. The van der Waals surface area contributed by atoms with Gasteiger partial charge in [0.25, 0.3) is 0 Å². The molecule has 1 fully saturated rings. The number of anilines is 2. The van der Waals surface area contributed by atoms with Crippen molar-refractivity contribution in [1.29, 1.82) is 0 Å². The van der Waals surface area contributed by atoms with Crippen molar-refractivity contribution in [3.05, 3.63) is 42.0 Å². The van der Waals surface area contributed by atoms with Gasteiger partial charge in [-0.15, -0.1) is 0 Å². The van der Waals surface area contributed by atoms with Crippen molar-refractivity contribution in [2.45, 2.75) is 37.1 Å². The summed E-state index contributed by atoms with van der Waals surface area (Å²) in [4.78, 5) is 11.5. The third-order valence-electron chi connectivity index (χ3n) is 5.41. The molecule has 0 amide bonds. The molecule has 1 aromatic heterocycles. The molecule has 2 aromatic rings. The molecule has 0 radical (unpaired) electrons. The first-order chi connectivity index (χ1) is 14.8. The van der Waals surface area contributed by atoms with Crippen LogP contribution in [-0.4, -0.2) is 61.6 Å². The van der Waals surface area contributed by atoms with Gasteiger partial charge >= 0.3 is 6.18 Å². The maximum Gasteiger partial charge on any atom is 0.418 e. The van der Waals surface area contributed by atoms with Crippen LogP contribution in [-0.2, 0) is 9.84 Å². The summed E-state index contributed by atoms with van der Waals surface area (Å²) in [7, 11) is -3.73. The number of benzene rings is 1. The summed E-state index contributed by atoms with van der Waals surface area (Å²) in [6.45, 7) is 5.23. The Morgan fingerprint density at radius 1 is 1.16 bits per heavy atom. The van der Waals surface area contributed by atoms with Crippen molar-refractivity contribution in [2.75, 3.05) is 35.7 Å². The number of aliphatic hydroxyl groups excluding tert-OH is 1. The Hall–Kier alpha value is -2.47. The molecule has 0 aliphatic carbocycles. The van der Waals surface area contributed by atoms with Gasteiger partial charge < -0.3 is 14.9 Å². The lowest BCUT2D eigenvalue weighted by Gasteiger charge is -2.44. The molecule has 1 aliphatic heterocycles. The molecule has 1 saturated heterocycles. The normalized spacial score (nSPS) is 18.8. The third-order valence-corrected chi connectivity index (χ3v) is 6.52. The van der Waals surface area contributed by atoms with Crippen LogP contribution in [0.5, 0.6) is 0 Å². The highest BCUT2D eigenvalue weighted by Crippen LogP contribution is 2.33. The Labute approximate surface area is 183 Å². The molecule has 1 aliphatic rings. The van der Waals surface area contributed by atoms with E-state index in [2.05, 4.69) is 9.97 Å². The van der Waals surface area contributed by atoms with Crippen molar-refractivity contribution < 1.29 is 31.1 Å². The highest BCUT2D eigenvalue weighted by Gasteiger charge is 2.40. The molecule has 3 rings (SSSR count). The molecule has 7 nitrogen and oxygen atoms in total. The summed E-state index contributed by atoms with van der Waals surface area (Å²) in [5.41, 5.74) is 0.113. The zero-order valence-electron chi connectivity index (χ0n) is 17.7. The number of rotatable bonds is 5. The third kappa shape index (κ3) is 5.12. The van der Waals surface area contributed by atoms with Crippen molar-refractivity contribution in [1.82, 2.24) is 9.97 Å². The number of aromatic nitrogens is 2. The fourth-order valence-electron chi connectivity index (χ4n) is 3.65. The van der Waals surface area contributed by atoms with Crippen molar-refractivity contribution in [3.63, 3.8) is 0 Å². The molecule has 2 heterocycles. The lowest BCUT2D eigenvalue weighted by atomic mass is 9.99. The van der Waals surface area contributed by atoms with Crippen LogP contribution in [0.25, 0.3) is 0 Å². The van der Waals surface area contributed by atoms with E-state index in [9.17, 15) is 31.1 Å². The summed E-state index contributed by atoms with van der Waals surface area (Å²) in [6, 6.07) is 3.80. The van der Waals surface area contributed by atoms with Gasteiger partial charge in [0.1, 0.15) is 10.7 Å². The van der Waals surface area contributed by atoms with Crippen LogP contribution in [0.1, 0.15) is 25.5 Å². The molecule has 1 aromatic carbocycles. The largest absolute Gasteiger partial charge is 0.418 e. The fraction of sp³-hybridized carbons (Fsp3) is 0.500. The zero-order valence-corrected chi connectivity index (χ0v) is 18.5. The second kappa shape index (κ2) is 8.81. The first-order valence-electron chi connectivity index (χ1n) is 9.87. The smallest absolute Gasteiger partial charge is 0.379 e. The average molecular weight is 476 g/mol. The second-order valence-electron chi connectivity index (χ2n) is 8.10. The molecule has 12 heteroatoms. The van der Waals surface area contributed by atoms with Gasteiger partial charge in [-0.05, 0) is 24.1 Å². The fourth-order valence-corrected chi connectivity index (χ4v) is 4.40. The monoisotopic (exact) mass is 476 g/mol. The van der Waals surface area contributed by atoms with E-state index in [1.165, 1.54) is 12.1 Å². The zero-order chi connectivity index (χ0) is 23.8. The molecule has 1 unspecified atom stereocenters. The second-order valence-corrected chi connectivity index (χ2v) is 10.1. The van der Waals surface area contributed by atoms with Gasteiger partial charge in [-0.3, -0.25) is 0 Å². The molecule has 2 atom stereocenters. The first kappa shape index (κ1) is 24.2. The van der Waals surface area contributed by atoms with Crippen molar-refractivity contribution >= 4 is 21.5 Å². The Balaban J connectivity index is 1.84. The van der Waals surface area contributed by atoms with E-state index in [-0.39, 0.29) is 22.8 Å². The number of sulfone groups is 1. The number of hydrogen-bond donors (Lipinski definition) is 1. The molecule has 0 bridgehead atoms. The van der Waals surface area contributed by atoms with Gasteiger partial charge in [-0.25, -0.2) is 22.8 Å². The Bertz CT molecular complexity index is 1060. The predicted octanol–water partition coefficient (Wildman–Crippen LogP) is 2.97. The standard InChI is InChI=1S/C20H24F4N4O3S/c1-12(2)16-11-27(14-4-5-15(21)17(8-14)32(3,30)31)6-7-28(16)19-25-9-13(10-26-19)18(29)20(22,23)24/h4-5,8-10,12,16,18,29H,6-7,11H2,1-3H3/t16-,18?/m0/s1. The lowest BCUT2D eigenvalue weighted by molar-refractivity contribution is -0.206. The summed E-state index contributed by atoms with van der Waals surface area (Å²) >= 11 is 0. The molecule has 176 valence electrons. The minimum Gasteiger partial charge on any atom is -0.379 e. The molecular formula is C20H24F4N4O3S. The average Bonchev–Trinajstić information content (AvgIpc) is 2.71. The van der Waals surface area contributed by atoms with Crippen LogP contribution >= 0.6 is 0 Å². The molecule has 0 saturated carbocycles. The quantitative estimate of drug-likeness (QED) is 0.664. The summed E-state index contributed by atoms with van der Waals surface area (Å²) < 4.78 is 75.8. The van der Waals surface area contributed by atoms with Gasteiger partial charge in [0.2, 0.25) is 5.95 Å². The number of aliphatic hydroxyl groups is 1. The highest BCUT2D eigenvalue weighted by molar-refractivity contribution is 7.90. The van der Waals surface area contributed by atoms with Gasteiger partial charge in [0.15, 0.2) is 15.9 Å². The van der Waals surface area contributed by atoms with Crippen molar-refractivity contribution in [2.24, 2.45) is 5.92 Å². The van der Waals surface area contributed by atoms with Crippen LogP contribution in [0.15, 0.2) is 35.5 Å². The van der Waals surface area contributed by atoms with Crippen LogP contribution in [0.4, 0.5) is 29.2 Å². The topological polar surface area (TPSA) is 86.6 Å². The van der Waals surface area contributed by atoms with Gasteiger partial charge in [0.05, 0.1) is 6.04 Å². The number of halogens is 4. The molecule has 32 heavy (non-hydrogen) atoms. The predicted molar refractivity (Wildman–Crippen MR) is 111 cm³/mol. The van der Waals surface area contributed by atoms with E-state index in [1.54, 1.807) is 0 Å². The summed E-state index contributed by atoms with van der Waals surface area (Å²) in [5.74, 6) is -0.487.